The third kappa shape index (κ3) is 8.22. The maximum absolute atomic E-state index is 12.6. The quantitative estimate of drug-likeness (QED) is 0.352. The number of aromatic nitrogens is 4. The van der Waals surface area contributed by atoms with Gasteiger partial charge in [-0.05, 0) is 37.5 Å². The Bertz CT molecular complexity index is 1100. The summed E-state index contributed by atoms with van der Waals surface area (Å²) in [6.07, 6.45) is 4.04. The maximum atomic E-state index is 12.6. The van der Waals surface area contributed by atoms with Crippen LogP contribution in [0.2, 0.25) is 0 Å². The van der Waals surface area contributed by atoms with Crippen LogP contribution in [-0.4, -0.2) is 59.9 Å². The van der Waals surface area contributed by atoms with Crippen molar-refractivity contribution in [2.24, 2.45) is 10.8 Å². The molecule has 0 aliphatic rings. The topological polar surface area (TPSA) is 128 Å². The lowest BCUT2D eigenvalue weighted by Gasteiger charge is -2.25. The van der Waals surface area contributed by atoms with Crippen molar-refractivity contribution in [2.45, 2.75) is 80.6 Å². The first-order valence-corrected chi connectivity index (χ1v) is 15.3. The molecule has 2 N–H and O–H groups in total. The van der Waals surface area contributed by atoms with Crippen molar-refractivity contribution in [1.29, 1.82) is 0 Å². The summed E-state index contributed by atoms with van der Waals surface area (Å²) in [6, 6.07) is 0. The fraction of sp³-hybridized carbons (Fsp3) is 0.750. The molecule has 0 aromatic carbocycles. The molecule has 0 amide bonds. The molecule has 2 unspecified atom stereocenters. The standard InChI is InChI=1S/C24H42N4O6S2/c1-7-25-15-19(29)27(21(25)31)17-23(3,4)9-11-35(33)13-14-36(34)12-10-24(5,6)18-28-20(30)16-26(8-2)22(28)32/h15-16,29-30H,7-14,17-18H2,1-6H3. The van der Waals surface area contributed by atoms with E-state index < -0.39 is 21.6 Å². The van der Waals surface area contributed by atoms with Gasteiger partial charge in [-0.15, -0.1) is 0 Å². The summed E-state index contributed by atoms with van der Waals surface area (Å²) in [7, 11) is -2.28. The second-order valence-electron chi connectivity index (χ2n) is 10.8. The largest absolute Gasteiger partial charge is 0.493 e. The van der Waals surface area contributed by atoms with E-state index >= 15 is 0 Å². The highest BCUT2D eigenvalue weighted by atomic mass is 32.2. The van der Waals surface area contributed by atoms with Gasteiger partial charge in [0.25, 0.3) is 0 Å². The lowest BCUT2D eigenvalue weighted by molar-refractivity contribution is 0.272. The minimum Gasteiger partial charge on any atom is -0.493 e. The van der Waals surface area contributed by atoms with Crippen LogP contribution in [0, 0.1) is 10.8 Å². The molecule has 0 radical (unpaired) electrons. The van der Waals surface area contributed by atoms with Gasteiger partial charge < -0.3 is 10.2 Å². The van der Waals surface area contributed by atoms with Crippen LogP contribution in [0.5, 0.6) is 11.8 Å². The summed E-state index contributed by atoms with van der Waals surface area (Å²) in [4.78, 5) is 24.7. The maximum Gasteiger partial charge on any atom is 0.331 e. The van der Waals surface area contributed by atoms with Gasteiger partial charge in [-0.1, -0.05) is 27.7 Å². The average molecular weight is 547 g/mol. The molecule has 0 bridgehead atoms. The molecule has 10 nitrogen and oxygen atoms in total. The zero-order valence-corrected chi connectivity index (χ0v) is 24.0. The van der Waals surface area contributed by atoms with Crippen LogP contribution < -0.4 is 11.4 Å². The van der Waals surface area contributed by atoms with Gasteiger partial charge in [-0.2, -0.15) is 0 Å². The molecule has 12 heteroatoms. The summed E-state index contributed by atoms with van der Waals surface area (Å²) in [6.45, 7) is 13.1. The fourth-order valence-electron chi connectivity index (χ4n) is 3.97. The Morgan fingerprint density at radius 1 is 0.694 bits per heavy atom. The van der Waals surface area contributed by atoms with Gasteiger partial charge in [0.15, 0.2) is 0 Å². The van der Waals surface area contributed by atoms with Crippen LogP contribution in [0.4, 0.5) is 0 Å². The number of hydrogen-bond donors (Lipinski definition) is 2. The monoisotopic (exact) mass is 546 g/mol. The Balaban J connectivity index is 1.79. The average Bonchev–Trinajstić information content (AvgIpc) is 3.23. The molecule has 2 atom stereocenters. The summed E-state index contributed by atoms with van der Waals surface area (Å²) in [5.41, 5.74) is -1.21. The van der Waals surface area contributed by atoms with Gasteiger partial charge >= 0.3 is 11.4 Å². The van der Waals surface area contributed by atoms with Crippen LogP contribution in [0.1, 0.15) is 54.4 Å². The van der Waals surface area contributed by atoms with E-state index in [0.717, 1.165) is 0 Å². The van der Waals surface area contributed by atoms with Crippen molar-refractivity contribution >= 4 is 21.6 Å². The lowest BCUT2D eigenvalue weighted by atomic mass is 9.90. The highest BCUT2D eigenvalue weighted by molar-refractivity contribution is 7.88. The van der Waals surface area contributed by atoms with E-state index in [-0.39, 0.29) is 34.0 Å². The van der Waals surface area contributed by atoms with Gasteiger partial charge in [0.05, 0.1) is 12.4 Å². The molecule has 0 aliphatic carbocycles. The first-order chi connectivity index (χ1) is 16.7. The molecule has 0 aliphatic heterocycles. The normalized spacial score (nSPS) is 14.3. The number of rotatable bonds is 15. The van der Waals surface area contributed by atoms with Gasteiger partial charge in [-0.25, -0.2) is 9.59 Å². The zero-order valence-electron chi connectivity index (χ0n) is 22.4. The number of aryl methyl sites for hydroxylation is 2. The third-order valence-electron chi connectivity index (χ3n) is 6.45. The predicted molar refractivity (Wildman–Crippen MR) is 145 cm³/mol. The first-order valence-electron chi connectivity index (χ1n) is 12.4. The van der Waals surface area contributed by atoms with Gasteiger partial charge in [0.1, 0.15) is 0 Å². The Morgan fingerprint density at radius 3 is 1.31 bits per heavy atom. The van der Waals surface area contributed by atoms with Crippen LogP contribution in [0.3, 0.4) is 0 Å². The zero-order chi connectivity index (χ0) is 27.3. The number of imidazole rings is 2. The molecule has 0 spiro atoms. The van der Waals surface area contributed by atoms with E-state index in [2.05, 4.69) is 0 Å². The molecule has 2 aromatic heterocycles. The van der Waals surface area contributed by atoms with Crippen LogP contribution >= 0.6 is 0 Å². The van der Waals surface area contributed by atoms with E-state index in [9.17, 15) is 28.2 Å². The number of hydrogen-bond acceptors (Lipinski definition) is 6. The Hall–Kier alpha value is -2.08. The Kier molecular flexibility index (Phi) is 10.4. The van der Waals surface area contributed by atoms with Crippen LogP contribution in [-0.2, 0) is 47.8 Å². The summed E-state index contributed by atoms with van der Waals surface area (Å²) >= 11 is 0. The molecular weight excluding hydrogens is 504 g/mol. The molecular formula is C24H42N4O6S2. The minimum absolute atomic E-state index is 0.0719. The molecule has 2 aromatic rings. The number of nitrogens with zero attached hydrogens (tertiary/aromatic N) is 4. The van der Waals surface area contributed by atoms with Crippen LogP contribution in [0.15, 0.2) is 22.0 Å². The fourth-order valence-corrected chi connectivity index (χ4v) is 7.43. The molecule has 2 heterocycles. The van der Waals surface area contributed by atoms with Gasteiger partial charge in [0.2, 0.25) is 11.8 Å². The lowest BCUT2D eigenvalue weighted by Crippen LogP contribution is -2.31. The van der Waals surface area contributed by atoms with E-state index in [4.69, 9.17) is 0 Å². The van der Waals surface area contributed by atoms with Crippen molar-refractivity contribution in [1.82, 2.24) is 18.3 Å². The predicted octanol–water partition coefficient (Wildman–Crippen LogP) is 2.09. The molecule has 36 heavy (non-hydrogen) atoms. The first kappa shape index (κ1) is 30.1. The second-order valence-corrected chi connectivity index (χ2v) is 14.2. The van der Waals surface area contributed by atoms with Crippen LogP contribution in [0.25, 0.3) is 0 Å². The van der Waals surface area contributed by atoms with Gasteiger partial charge in [-0.3, -0.25) is 26.7 Å². The van der Waals surface area contributed by atoms with Crippen molar-refractivity contribution in [3.8, 4) is 11.8 Å². The third-order valence-corrected chi connectivity index (χ3v) is 9.35. The van der Waals surface area contributed by atoms with Gasteiger partial charge in [0, 0.05) is 70.8 Å². The minimum atomic E-state index is -1.14. The van der Waals surface area contributed by atoms with E-state index in [1.165, 1.54) is 30.7 Å². The second kappa shape index (κ2) is 12.4. The van der Waals surface area contributed by atoms with E-state index in [0.29, 0.717) is 62.0 Å². The SMILES string of the molecule is CCn1cc(O)n(CC(C)(C)CCS(=O)CCS(=O)CCC(C)(C)Cn2c(O)cn(CC)c2=O)c1=O. The molecule has 0 fully saturated rings. The van der Waals surface area contributed by atoms with E-state index in [1.807, 2.05) is 41.5 Å². The highest BCUT2D eigenvalue weighted by Crippen LogP contribution is 2.26. The Labute approximate surface area is 217 Å². The van der Waals surface area contributed by atoms with Crippen molar-refractivity contribution in [2.75, 3.05) is 23.0 Å². The van der Waals surface area contributed by atoms with Crippen molar-refractivity contribution in [3.05, 3.63) is 33.4 Å². The summed E-state index contributed by atoms with van der Waals surface area (Å²) < 4.78 is 30.7. The molecule has 2 rings (SSSR count). The summed E-state index contributed by atoms with van der Waals surface area (Å²) in [5, 5.41) is 20.2. The van der Waals surface area contributed by atoms with Crippen molar-refractivity contribution in [3.63, 3.8) is 0 Å². The molecule has 0 saturated heterocycles. The summed E-state index contributed by atoms with van der Waals surface area (Å²) in [5.74, 6) is 1.38. The Morgan fingerprint density at radius 2 is 1.03 bits per heavy atom. The molecule has 206 valence electrons. The van der Waals surface area contributed by atoms with E-state index in [1.54, 1.807) is 0 Å². The van der Waals surface area contributed by atoms with Crippen molar-refractivity contribution < 1.29 is 18.6 Å². The number of aromatic hydroxyl groups is 2. The smallest absolute Gasteiger partial charge is 0.331 e. The highest BCUT2D eigenvalue weighted by Gasteiger charge is 2.25. The molecule has 0 saturated carbocycles.